The van der Waals surface area contributed by atoms with Crippen molar-refractivity contribution in [3.8, 4) is 0 Å². The van der Waals surface area contributed by atoms with E-state index in [1.807, 2.05) is 6.92 Å². The van der Waals surface area contributed by atoms with Crippen molar-refractivity contribution >= 4 is 5.78 Å². The molecule has 51 heavy (non-hydrogen) atoms. The van der Waals surface area contributed by atoms with E-state index in [9.17, 15) is 9.90 Å². The molecule has 10 aliphatic rings. The van der Waals surface area contributed by atoms with Crippen LogP contribution < -0.4 is 0 Å². The molecule has 0 saturated carbocycles. The van der Waals surface area contributed by atoms with Gasteiger partial charge in [0.25, 0.3) is 0 Å². The second-order valence-electron chi connectivity index (χ2n) is 17.8. The fourth-order valence-electron chi connectivity index (χ4n) is 11.3. The van der Waals surface area contributed by atoms with Gasteiger partial charge >= 0.3 is 0 Å². The summed E-state index contributed by atoms with van der Waals surface area (Å²) in [6.07, 6.45) is 7.89. The van der Waals surface area contributed by atoms with E-state index in [1.165, 1.54) is 0 Å². The molecule has 284 valence electrons. The molecule has 0 aliphatic carbocycles. The quantitative estimate of drug-likeness (QED) is 0.376. The van der Waals surface area contributed by atoms with E-state index in [1.54, 1.807) is 0 Å². The lowest BCUT2D eigenvalue weighted by Crippen LogP contribution is -2.61. The molecule has 10 aliphatic heterocycles. The Bertz CT molecular complexity index is 1350. The molecular formula is C41H60O10. The molecule has 10 saturated heterocycles. The summed E-state index contributed by atoms with van der Waals surface area (Å²) in [4.78, 5) is 14.0. The van der Waals surface area contributed by atoms with Crippen LogP contribution in [0.2, 0.25) is 0 Å². The smallest absolute Gasteiger partial charge is 0.172 e. The minimum absolute atomic E-state index is 0.0115. The number of rotatable bonds is 3. The van der Waals surface area contributed by atoms with E-state index in [0.29, 0.717) is 44.4 Å². The van der Waals surface area contributed by atoms with E-state index in [0.717, 1.165) is 62.5 Å². The van der Waals surface area contributed by atoms with Crippen molar-refractivity contribution in [3.63, 3.8) is 0 Å². The second kappa shape index (κ2) is 13.8. The number of carbonyl (C=O) groups is 1. The largest absolute Gasteiger partial charge is 0.393 e. The van der Waals surface area contributed by atoms with Crippen LogP contribution in [0.1, 0.15) is 111 Å². The van der Waals surface area contributed by atoms with Gasteiger partial charge in [-0.25, -0.2) is 0 Å². The molecule has 2 unspecified atom stereocenters. The summed E-state index contributed by atoms with van der Waals surface area (Å²) in [5, 5.41) is 10.6. The van der Waals surface area contributed by atoms with Crippen LogP contribution in [0.4, 0.5) is 0 Å². The first-order valence-electron chi connectivity index (χ1n) is 20.4. The normalized spacial score (nSPS) is 53.2. The van der Waals surface area contributed by atoms with Gasteiger partial charge in [0.05, 0.1) is 61.0 Å². The van der Waals surface area contributed by atoms with Crippen LogP contribution in [0, 0.1) is 17.8 Å². The Hall–Kier alpha value is -1.21. The molecule has 1 spiro atoms. The third-order valence-corrected chi connectivity index (χ3v) is 14.4. The SMILES string of the molecule is C=C1C[C@@H]2CCC34C[C@H]5O[C@@H]6[C@@H](OC7CC[C@H](CC(=O)C[C@@H]8[C@@H](C)[C@@H](C[C@H](O)CC)O[C@H]8C[C@H]8O[C@@H](CC[C@@H]1O2)C[C@@H](C)C8=C)O[C@@H]7[C@@H]6O3)[C@H]5O4. The van der Waals surface area contributed by atoms with Gasteiger partial charge in [-0.3, -0.25) is 4.79 Å². The number of Topliss-reactive ketones (excluding diaryl/α,β-unsaturated/α-hetero) is 1. The van der Waals surface area contributed by atoms with Crippen molar-refractivity contribution in [2.24, 2.45) is 17.8 Å². The maximum Gasteiger partial charge on any atom is 0.172 e. The van der Waals surface area contributed by atoms with Gasteiger partial charge in [0, 0.05) is 32.1 Å². The van der Waals surface area contributed by atoms with Crippen molar-refractivity contribution in [1.29, 1.82) is 0 Å². The Labute approximate surface area is 303 Å². The number of ketones is 1. The fourth-order valence-corrected chi connectivity index (χ4v) is 11.3. The molecule has 0 aromatic rings. The molecule has 19 atom stereocenters. The zero-order chi connectivity index (χ0) is 35.2. The van der Waals surface area contributed by atoms with Gasteiger partial charge in [-0.1, -0.05) is 33.9 Å². The van der Waals surface area contributed by atoms with Gasteiger partial charge in [-0.05, 0) is 86.7 Å². The van der Waals surface area contributed by atoms with Crippen molar-refractivity contribution < 1.29 is 47.8 Å². The molecule has 0 aromatic heterocycles. The first kappa shape index (κ1) is 35.5. The van der Waals surface area contributed by atoms with E-state index >= 15 is 0 Å². The van der Waals surface area contributed by atoms with Crippen molar-refractivity contribution in [3.05, 3.63) is 24.3 Å². The molecule has 0 aromatic carbocycles. The second-order valence-corrected chi connectivity index (χ2v) is 17.8. The number of fused-ring (bicyclic) bond motifs is 6. The Balaban J connectivity index is 0.986. The van der Waals surface area contributed by atoms with Crippen molar-refractivity contribution in [1.82, 2.24) is 0 Å². The molecule has 10 nitrogen and oxygen atoms in total. The first-order valence-corrected chi connectivity index (χ1v) is 20.4. The number of aliphatic hydroxyl groups is 1. The van der Waals surface area contributed by atoms with Crippen LogP contribution in [0.3, 0.4) is 0 Å². The maximum absolute atomic E-state index is 14.0. The zero-order valence-electron chi connectivity index (χ0n) is 30.8. The van der Waals surface area contributed by atoms with E-state index in [2.05, 4.69) is 27.0 Å². The van der Waals surface area contributed by atoms with E-state index in [-0.39, 0.29) is 103 Å². The fraction of sp³-hybridized carbons (Fsp3) is 0.878. The Kier molecular flexibility index (Phi) is 9.62. The molecule has 1 N–H and O–H groups in total. The van der Waals surface area contributed by atoms with Gasteiger partial charge in [-0.2, -0.15) is 0 Å². The highest BCUT2D eigenvalue weighted by Gasteiger charge is 2.68. The van der Waals surface area contributed by atoms with Gasteiger partial charge in [0.15, 0.2) is 5.79 Å². The van der Waals surface area contributed by atoms with E-state index in [4.69, 9.17) is 37.9 Å². The number of aliphatic hydroxyl groups excluding tert-OH is 1. The van der Waals surface area contributed by atoms with Crippen LogP contribution in [-0.2, 0) is 42.7 Å². The van der Waals surface area contributed by atoms with Gasteiger partial charge < -0.3 is 43.0 Å². The minimum Gasteiger partial charge on any atom is -0.393 e. The molecule has 12 bridgehead atoms. The number of hydrogen-bond acceptors (Lipinski definition) is 10. The highest BCUT2D eigenvalue weighted by atomic mass is 16.8. The highest BCUT2D eigenvalue weighted by molar-refractivity contribution is 5.79. The summed E-state index contributed by atoms with van der Waals surface area (Å²) in [6, 6.07) is 0. The summed E-state index contributed by atoms with van der Waals surface area (Å²) in [5.41, 5.74) is 2.28. The van der Waals surface area contributed by atoms with Gasteiger partial charge in [0.2, 0.25) is 0 Å². The Morgan fingerprint density at radius 2 is 1.49 bits per heavy atom. The summed E-state index contributed by atoms with van der Waals surface area (Å²) >= 11 is 0. The van der Waals surface area contributed by atoms with Crippen LogP contribution in [0.15, 0.2) is 24.3 Å². The average molecular weight is 713 g/mol. The third-order valence-electron chi connectivity index (χ3n) is 14.4. The van der Waals surface area contributed by atoms with E-state index < -0.39 is 11.9 Å². The molecule has 0 amide bonds. The summed E-state index contributed by atoms with van der Waals surface area (Å²) in [5.74, 6) is -0.0766. The van der Waals surface area contributed by atoms with Crippen LogP contribution in [-0.4, -0.2) is 108 Å². The maximum atomic E-state index is 14.0. The molecule has 10 fully saturated rings. The minimum atomic E-state index is -0.757. The van der Waals surface area contributed by atoms with Crippen LogP contribution in [0.5, 0.6) is 0 Å². The Morgan fingerprint density at radius 1 is 0.745 bits per heavy atom. The lowest BCUT2D eigenvalue weighted by molar-refractivity contribution is -0.292. The lowest BCUT2D eigenvalue weighted by Gasteiger charge is -2.47. The van der Waals surface area contributed by atoms with Gasteiger partial charge in [0.1, 0.15) is 36.3 Å². The van der Waals surface area contributed by atoms with Crippen molar-refractivity contribution in [2.45, 2.75) is 208 Å². The summed E-state index contributed by atoms with van der Waals surface area (Å²) in [7, 11) is 0. The predicted molar refractivity (Wildman–Crippen MR) is 186 cm³/mol. The van der Waals surface area contributed by atoms with Crippen LogP contribution >= 0.6 is 0 Å². The third kappa shape index (κ3) is 6.54. The Morgan fingerprint density at radius 3 is 2.33 bits per heavy atom. The topological polar surface area (TPSA) is 111 Å². The zero-order valence-corrected chi connectivity index (χ0v) is 30.8. The van der Waals surface area contributed by atoms with Gasteiger partial charge in [-0.15, -0.1) is 0 Å². The molecule has 10 heteroatoms. The molecule has 0 radical (unpaired) electrons. The molecule has 10 rings (SSSR count). The van der Waals surface area contributed by atoms with Crippen molar-refractivity contribution in [2.75, 3.05) is 0 Å². The number of carbonyl (C=O) groups excluding carboxylic acids is 1. The van der Waals surface area contributed by atoms with Crippen LogP contribution in [0.25, 0.3) is 0 Å². The highest BCUT2D eigenvalue weighted by Crippen LogP contribution is 2.54. The first-order chi connectivity index (χ1) is 24.6. The summed E-state index contributed by atoms with van der Waals surface area (Å²) in [6.45, 7) is 15.4. The molecular weight excluding hydrogens is 652 g/mol. The lowest BCUT2D eigenvalue weighted by atomic mass is 9.78. The summed E-state index contributed by atoms with van der Waals surface area (Å²) < 4.78 is 54.1. The average Bonchev–Trinajstić information content (AvgIpc) is 3.77. The number of hydrogen-bond donors (Lipinski definition) is 1. The number of ether oxygens (including phenoxy) is 8. The monoisotopic (exact) mass is 712 g/mol. The standard InChI is InChI=1S/C41H60O10/c1-6-24(42)17-32-23(5)29-16-25(43)15-27-8-10-31-36(46-27)40-39-38(48-31)37-35(49-39)19-41(50-37,51-40)12-11-28-14-21(3)30(44-28)9-7-26-13-20(2)22(4)33(45-26)18-34(29)47-32/h20,23-24,26-40,42H,3-4,6-19H2,1-2,5H3/t20-,23-,24-,26+,27-,28+,29-,30+,31?,32-,33-,34+,35-,36+,37+,38+,39-,40+,41?/m1/s1. The molecule has 10 heterocycles. The predicted octanol–water partition coefficient (Wildman–Crippen LogP) is 5.51.